The van der Waals surface area contributed by atoms with Crippen molar-refractivity contribution in [3.05, 3.63) is 69.6 Å². The Labute approximate surface area is 212 Å². The van der Waals surface area contributed by atoms with Crippen LogP contribution in [0.5, 0.6) is 5.75 Å². The van der Waals surface area contributed by atoms with Crippen molar-refractivity contribution in [1.29, 1.82) is 0 Å². The maximum Gasteiger partial charge on any atom is 0.293 e. The summed E-state index contributed by atoms with van der Waals surface area (Å²) in [5, 5.41) is 2.26. The number of hydrogen-bond acceptors (Lipinski definition) is 7. The van der Waals surface area contributed by atoms with E-state index >= 15 is 0 Å². The predicted octanol–water partition coefficient (Wildman–Crippen LogP) is 3.56. The number of carbonyl (C=O) groups is 5. The number of methoxy groups -OCH3 is 1. The number of ether oxygens (including phenoxy) is 1. The fourth-order valence-electron chi connectivity index (χ4n) is 3.88. The monoisotopic (exact) mass is 507 g/mol. The third kappa shape index (κ3) is 5.03. The number of nitrogens with zero attached hydrogens (tertiary/aromatic N) is 2. The SMILES string of the molecule is CCCCN1C(=O)c2ccc(C(=O)NCCN3C(=O)S/C(=C\c4ccc(OC)cc4)C3=O)cc2C1=O. The lowest BCUT2D eigenvalue weighted by Crippen LogP contribution is -2.37. The van der Waals surface area contributed by atoms with E-state index in [-0.39, 0.29) is 35.7 Å². The van der Waals surface area contributed by atoms with Gasteiger partial charge in [-0.25, -0.2) is 0 Å². The van der Waals surface area contributed by atoms with Crippen LogP contribution in [-0.4, -0.2) is 65.4 Å². The molecule has 1 saturated heterocycles. The summed E-state index contributed by atoms with van der Waals surface area (Å²) >= 11 is 0.842. The highest BCUT2D eigenvalue weighted by molar-refractivity contribution is 8.18. The Morgan fingerprint density at radius 1 is 0.944 bits per heavy atom. The molecule has 36 heavy (non-hydrogen) atoms. The number of rotatable bonds is 9. The number of hydrogen-bond donors (Lipinski definition) is 1. The summed E-state index contributed by atoms with van der Waals surface area (Å²) in [6, 6.07) is 11.5. The van der Waals surface area contributed by atoms with Gasteiger partial charge in [-0.3, -0.25) is 33.8 Å². The zero-order valence-electron chi connectivity index (χ0n) is 19.9. The van der Waals surface area contributed by atoms with Crippen LogP contribution in [0.15, 0.2) is 47.4 Å². The van der Waals surface area contributed by atoms with Crippen LogP contribution in [0, 0.1) is 0 Å². The molecule has 2 aliphatic heterocycles. The fraction of sp³-hybridized carbons (Fsp3) is 0.269. The molecule has 2 heterocycles. The maximum absolute atomic E-state index is 12.7. The summed E-state index contributed by atoms with van der Waals surface area (Å²) in [6.07, 6.45) is 3.19. The number of fused-ring (bicyclic) bond motifs is 1. The molecule has 10 heteroatoms. The van der Waals surface area contributed by atoms with E-state index in [1.807, 2.05) is 6.92 Å². The molecule has 9 nitrogen and oxygen atoms in total. The van der Waals surface area contributed by atoms with Gasteiger partial charge in [0.15, 0.2) is 0 Å². The van der Waals surface area contributed by atoms with Crippen molar-refractivity contribution in [1.82, 2.24) is 15.1 Å². The average molecular weight is 508 g/mol. The Morgan fingerprint density at radius 3 is 2.36 bits per heavy atom. The lowest BCUT2D eigenvalue weighted by molar-refractivity contribution is -0.122. The fourth-order valence-corrected chi connectivity index (χ4v) is 4.74. The topological polar surface area (TPSA) is 113 Å². The molecular formula is C26H25N3O6S. The molecular weight excluding hydrogens is 482 g/mol. The Morgan fingerprint density at radius 2 is 1.67 bits per heavy atom. The van der Waals surface area contributed by atoms with Gasteiger partial charge in [0.25, 0.3) is 28.9 Å². The first-order valence-electron chi connectivity index (χ1n) is 11.5. The molecule has 0 aliphatic carbocycles. The highest BCUT2D eigenvalue weighted by atomic mass is 32.2. The van der Waals surface area contributed by atoms with Gasteiger partial charge >= 0.3 is 0 Å². The van der Waals surface area contributed by atoms with E-state index in [9.17, 15) is 24.0 Å². The first-order chi connectivity index (χ1) is 17.3. The van der Waals surface area contributed by atoms with E-state index in [1.165, 1.54) is 23.1 Å². The molecule has 0 unspecified atom stereocenters. The van der Waals surface area contributed by atoms with E-state index in [4.69, 9.17) is 4.74 Å². The van der Waals surface area contributed by atoms with Gasteiger partial charge in [0.1, 0.15) is 5.75 Å². The minimum atomic E-state index is -0.467. The molecule has 186 valence electrons. The number of imide groups is 2. The zero-order valence-corrected chi connectivity index (χ0v) is 20.7. The quantitative estimate of drug-likeness (QED) is 0.408. The van der Waals surface area contributed by atoms with Crippen molar-refractivity contribution in [3.8, 4) is 5.75 Å². The number of carbonyl (C=O) groups excluding carboxylic acids is 5. The minimum absolute atomic E-state index is 0.00348. The van der Waals surface area contributed by atoms with Gasteiger partial charge in [0.05, 0.1) is 23.1 Å². The molecule has 0 radical (unpaired) electrons. The van der Waals surface area contributed by atoms with Gasteiger partial charge in [-0.05, 0) is 60.2 Å². The molecule has 0 bridgehead atoms. The van der Waals surface area contributed by atoms with Crippen LogP contribution >= 0.6 is 11.8 Å². The smallest absolute Gasteiger partial charge is 0.293 e. The first kappa shape index (κ1) is 25.2. The van der Waals surface area contributed by atoms with Crippen molar-refractivity contribution in [2.45, 2.75) is 19.8 Å². The zero-order chi connectivity index (χ0) is 25.8. The second-order valence-electron chi connectivity index (χ2n) is 8.24. The van der Waals surface area contributed by atoms with Crippen LogP contribution in [0.25, 0.3) is 6.08 Å². The van der Waals surface area contributed by atoms with E-state index in [1.54, 1.807) is 37.5 Å². The normalized spacial score (nSPS) is 16.2. The van der Waals surface area contributed by atoms with Gasteiger partial charge in [0.2, 0.25) is 0 Å². The summed E-state index contributed by atoms with van der Waals surface area (Å²) < 4.78 is 5.12. The first-order valence-corrected chi connectivity index (χ1v) is 12.3. The van der Waals surface area contributed by atoms with E-state index in [0.29, 0.717) is 23.6 Å². The molecule has 0 saturated carbocycles. The summed E-state index contributed by atoms with van der Waals surface area (Å²) in [7, 11) is 1.56. The summed E-state index contributed by atoms with van der Waals surface area (Å²) in [6.45, 7) is 2.36. The second kappa shape index (κ2) is 10.8. The van der Waals surface area contributed by atoms with Crippen molar-refractivity contribution in [3.63, 3.8) is 0 Å². The maximum atomic E-state index is 12.7. The van der Waals surface area contributed by atoms with E-state index in [0.717, 1.165) is 28.6 Å². The van der Waals surface area contributed by atoms with Crippen molar-refractivity contribution in [2.24, 2.45) is 0 Å². The Balaban J connectivity index is 1.35. The van der Waals surface area contributed by atoms with Crippen LogP contribution in [0.4, 0.5) is 4.79 Å². The lowest BCUT2D eigenvalue weighted by atomic mass is 10.1. The van der Waals surface area contributed by atoms with Crippen LogP contribution in [0.3, 0.4) is 0 Å². The summed E-state index contributed by atoms with van der Waals surface area (Å²) in [5.74, 6) is -0.962. The van der Waals surface area contributed by atoms with Crippen molar-refractivity contribution >= 4 is 46.7 Å². The number of thioether (sulfide) groups is 1. The molecule has 2 aromatic rings. The summed E-state index contributed by atoms with van der Waals surface area (Å²) in [4.78, 5) is 65.4. The molecule has 2 aliphatic rings. The van der Waals surface area contributed by atoms with Gasteiger partial charge in [0, 0.05) is 25.2 Å². The van der Waals surface area contributed by atoms with Gasteiger partial charge in [-0.1, -0.05) is 25.5 Å². The Hall–Kier alpha value is -3.92. The highest BCUT2D eigenvalue weighted by Gasteiger charge is 2.36. The number of unbranched alkanes of at least 4 members (excludes halogenated alkanes) is 1. The lowest BCUT2D eigenvalue weighted by Gasteiger charge is -2.13. The summed E-state index contributed by atoms with van der Waals surface area (Å²) in [5.41, 5.74) is 1.47. The number of nitrogens with one attached hydrogen (secondary N) is 1. The molecule has 5 amide bonds. The van der Waals surface area contributed by atoms with Crippen LogP contribution in [-0.2, 0) is 4.79 Å². The Kier molecular flexibility index (Phi) is 7.54. The number of benzene rings is 2. The third-order valence-electron chi connectivity index (χ3n) is 5.88. The predicted molar refractivity (Wildman–Crippen MR) is 135 cm³/mol. The van der Waals surface area contributed by atoms with Crippen LogP contribution in [0.1, 0.15) is 56.4 Å². The molecule has 2 aromatic carbocycles. The molecule has 1 N–H and O–H groups in total. The van der Waals surface area contributed by atoms with Crippen LogP contribution in [0.2, 0.25) is 0 Å². The van der Waals surface area contributed by atoms with E-state index in [2.05, 4.69) is 5.32 Å². The third-order valence-corrected chi connectivity index (χ3v) is 6.78. The molecule has 0 spiro atoms. The van der Waals surface area contributed by atoms with E-state index < -0.39 is 23.0 Å². The van der Waals surface area contributed by atoms with Gasteiger partial charge in [-0.15, -0.1) is 0 Å². The van der Waals surface area contributed by atoms with Crippen LogP contribution < -0.4 is 10.1 Å². The molecule has 0 atom stereocenters. The molecule has 1 fully saturated rings. The largest absolute Gasteiger partial charge is 0.497 e. The molecule has 4 rings (SSSR count). The molecule has 0 aromatic heterocycles. The average Bonchev–Trinajstić information content (AvgIpc) is 3.29. The highest BCUT2D eigenvalue weighted by Crippen LogP contribution is 2.32. The number of amides is 5. The standard InChI is InChI=1S/C26H25N3O6S/c1-3-4-12-28-23(31)19-10-7-17(15-20(19)24(28)32)22(30)27-11-13-29-25(33)21(36-26(29)34)14-16-5-8-18(35-2)9-6-16/h5-10,14-15H,3-4,11-13H2,1-2H3,(H,27,30)/b21-14-. The van der Waals surface area contributed by atoms with Crippen molar-refractivity contribution in [2.75, 3.05) is 26.7 Å². The minimum Gasteiger partial charge on any atom is -0.497 e. The van der Waals surface area contributed by atoms with Crippen molar-refractivity contribution < 1.29 is 28.7 Å². The Bertz CT molecular complexity index is 1270. The van der Waals surface area contributed by atoms with Gasteiger partial charge < -0.3 is 10.1 Å². The second-order valence-corrected chi connectivity index (χ2v) is 9.23. The van der Waals surface area contributed by atoms with Gasteiger partial charge in [-0.2, -0.15) is 0 Å².